The maximum Gasteiger partial charge on any atom is 0.409 e. The molecule has 5 heteroatoms. The molecule has 0 aromatic rings. The Bertz CT molecular complexity index is 268. The van der Waals surface area contributed by atoms with Crippen molar-refractivity contribution in [1.29, 1.82) is 0 Å². The Labute approximate surface area is 117 Å². The van der Waals surface area contributed by atoms with Gasteiger partial charge in [0, 0.05) is 37.8 Å². The van der Waals surface area contributed by atoms with E-state index < -0.39 is 0 Å². The topological polar surface area (TPSA) is 53.6 Å². The Morgan fingerprint density at radius 1 is 1.26 bits per heavy atom. The lowest BCUT2D eigenvalue weighted by molar-refractivity contribution is 0.0951. The number of carbonyl (C=O) groups is 1. The van der Waals surface area contributed by atoms with Gasteiger partial charge in [-0.15, -0.1) is 0 Å². The van der Waals surface area contributed by atoms with Crippen LogP contribution in [0.5, 0.6) is 0 Å². The molecule has 0 bridgehead atoms. The van der Waals surface area contributed by atoms with Crippen LogP contribution in [0.1, 0.15) is 40.5 Å². The summed E-state index contributed by atoms with van der Waals surface area (Å²) in [4.78, 5) is 13.3. The summed E-state index contributed by atoms with van der Waals surface area (Å²) in [5.74, 6) is 0. The van der Waals surface area contributed by atoms with Gasteiger partial charge in [-0.1, -0.05) is 0 Å². The van der Waals surface area contributed by atoms with Gasteiger partial charge in [0.15, 0.2) is 0 Å². The van der Waals surface area contributed by atoms with Crippen LogP contribution in [0, 0.1) is 0 Å². The summed E-state index contributed by atoms with van der Waals surface area (Å²) < 4.78 is 5.01. The Balaban J connectivity index is 2.11. The highest BCUT2D eigenvalue weighted by molar-refractivity contribution is 5.67. The van der Waals surface area contributed by atoms with Gasteiger partial charge in [0.05, 0.1) is 6.61 Å². The molecular formula is C14H29N3O2. The van der Waals surface area contributed by atoms with E-state index in [2.05, 4.69) is 31.4 Å². The normalized spacial score (nSPS) is 17.6. The summed E-state index contributed by atoms with van der Waals surface area (Å²) in [6.45, 7) is 12.3. The molecule has 0 unspecified atom stereocenters. The van der Waals surface area contributed by atoms with E-state index in [1.54, 1.807) is 4.90 Å². The molecule has 5 nitrogen and oxygen atoms in total. The Morgan fingerprint density at radius 2 is 1.89 bits per heavy atom. The van der Waals surface area contributed by atoms with Gasteiger partial charge in [-0.25, -0.2) is 4.79 Å². The van der Waals surface area contributed by atoms with Crippen LogP contribution in [0.15, 0.2) is 0 Å². The molecule has 1 rings (SSSR count). The van der Waals surface area contributed by atoms with Crippen LogP contribution < -0.4 is 10.6 Å². The number of rotatable bonds is 5. The third kappa shape index (κ3) is 6.78. The Kier molecular flexibility index (Phi) is 6.58. The first-order chi connectivity index (χ1) is 8.92. The zero-order chi connectivity index (χ0) is 14.3. The van der Waals surface area contributed by atoms with Gasteiger partial charge in [-0.2, -0.15) is 0 Å². The Morgan fingerprint density at radius 3 is 2.42 bits per heavy atom. The zero-order valence-corrected chi connectivity index (χ0v) is 12.8. The molecule has 0 saturated carbocycles. The summed E-state index contributed by atoms with van der Waals surface area (Å²) in [5, 5.41) is 7.00. The van der Waals surface area contributed by atoms with Crippen molar-refractivity contribution in [3.8, 4) is 0 Å². The second-order valence-electron chi connectivity index (χ2n) is 6.09. The van der Waals surface area contributed by atoms with Gasteiger partial charge in [0.2, 0.25) is 0 Å². The van der Waals surface area contributed by atoms with E-state index in [9.17, 15) is 4.79 Å². The lowest BCUT2D eigenvalue weighted by Gasteiger charge is -2.32. The van der Waals surface area contributed by atoms with Gasteiger partial charge >= 0.3 is 6.09 Å². The van der Waals surface area contributed by atoms with E-state index in [1.807, 2.05) is 6.92 Å². The van der Waals surface area contributed by atoms with Gasteiger partial charge in [-0.05, 0) is 40.5 Å². The quantitative estimate of drug-likeness (QED) is 0.746. The van der Waals surface area contributed by atoms with Crippen molar-refractivity contribution < 1.29 is 9.53 Å². The number of carbonyl (C=O) groups excluding carboxylic acids is 1. The number of hydrogen-bond acceptors (Lipinski definition) is 4. The van der Waals surface area contributed by atoms with E-state index in [0.717, 1.165) is 39.0 Å². The average molecular weight is 271 g/mol. The van der Waals surface area contributed by atoms with Crippen LogP contribution in [0.2, 0.25) is 0 Å². The number of nitrogens with zero attached hydrogens (tertiary/aromatic N) is 1. The second-order valence-corrected chi connectivity index (χ2v) is 6.09. The maximum absolute atomic E-state index is 11.5. The molecule has 112 valence electrons. The fraction of sp³-hybridized carbons (Fsp3) is 0.929. The van der Waals surface area contributed by atoms with Crippen molar-refractivity contribution in [2.45, 2.75) is 52.1 Å². The number of piperidine rings is 1. The summed E-state index contributed by atoms with van der Waals surface area (Å²) in [5.41, 5.74) is 0.176. The molecule has 0 aliphatic carbocycles. The predicted octanol–water partition coefficient (Wildman–Crippen LogP) is 1.58. The SMILES string of the molecule is CCOC(=O)N1CCC(NCCNC(C)(C)C)CC1. The lowest BCUT2D eigenvalue weighted by atomic mass is 10.1. The minimum absolute atomic E-state index is 0.171. The van der Waals surface area contributed by atoms with E-state index in [1.165, 1.54) is 0 Å². The smallest absolute Gasteiger partial charge is 0.409 e. The van der Waals surface area contributed by atoms with Gasteiger partial charge in [0.25, 0.3) is 0 Å². The molecule has 1 saturated heterocycles. The van der Waals surface area contributed by atoms with E-state index in [-0.39, 0.29) is 11.6 Å². The van der Waals surface area contributed by atoms with E-state index in [4.69, 9.17) is 4.74 Å². The first-order valence-corrected chi connectivity index (χ1v) is 7.32. The van der Waals surface area contributed by atoms with Crippen LogP contribution in [-0.2, 0) is 4.74 Å². The van der Waals surface area contributed by atoms with Crippen LogP contribution in [-0.4, -0.2) is 55.4 Å². The molecule has 1 fully saturated rings. The molecule has 0 atom stereocenters. The van der Waals surface area contributed by atoms with E-state index >= 15 is 0 Å². The van der Waals surface area contributed by atoms with Crippen molar-refractivity contribution >= 4 is 6.09 Å². The fourth-order valence-electron chi connectivity index (χ4n) is 2.19. The summed E-state index contributed by atoms with van der Waals surface area (Å²) in [6.07, 6.45) is 1.85. The second kappa shape index (κ2) is 7.70. The molecule has 0 aromatic carbocycles. The van der Waals surface area contributed by atoms with Crippen LogP contribution in [0.25, 0.3) is 0 Å². The molecular weight excluding hydrogens is 242 g/mol. The minimum Gasteiger partial charge on any atom is -0.450 e. The van der Waals surface area contributed by atoms with Crippen LogP contribution in [0.3, 0.4) is 0 Å². The van der Waals surface area contributed by atoms with Crippen molar-refractivity contribution in [2.75, 3.05) is 32.8 Å². The molecule has 1 amide bonds. The Hall–Kier alpha value is -0.810. The highest BCUT2D eigenvalue weighted by Crippen LogP contribution is 2.11. The lowest BCUT2D eigenvalue weighted by Crippen LogP contribution is -2.47. The zero-order valence-electron chi connectivity index (χ0n) is 12.8. The van der Waals surface area contributed by atoms with Gasteiger partial charge < -0.3 is 20.3 Å². The predicted molar refractivity (Wildman–Crippen MR) is 77.4 cm³/mol. The summed E-state index contributed by atoms with van der Waals surface area (Å²) >= 11 is 0. The first-order valence-electron chi connectivity index (χ1n) is 7.32. The van der Waals surface area contributed by atoms with Gasteiger partial charge in [0.1, 0.15) is 0 Å². The van der Waals surface area contributed by atoms with Crippen molar-refractivity contribution in [2.24, 2.45) is 0 Å². The molecule has 0 spiro atoms. The molecule has 1 heterocycles. The molecule has 0 radical (unpaired) electrons. The highest BCUT2D eigenvalue weighted by Gasteiger charge is 2.22. The number of amides is 1. The van der Waals surface area contributed by atoms with Crippen molar-refractivity contribution in [3.05, 3.63) is 0 Å². The average Bonchev–Trinajstić information content (AvgIpc) is 2.34. The number of ether oxygens (including phenoxy) is 1. The fourth-order valence-corrected chi connectivity index (χ4v) is 2.19. The molecule has 1 aliphatic rings. The monoisotopic (exact) mass is 271 g/mol. The minimum atomic E-state index is -0.171. The van der Waals surface area contributed by atoms with Gasteiger partial charge in [-0.3, -0.25) is 0 Å². The van der Waals surface area contributed by atoms with Crippen molar-refractivity contribution in [1.82, 2.24) is 15.5 Å². The standard InChI is InChI=1S/C14H29N3O2/c1-5-19-13(18)17-10-6-12(7-11-17)15-8-9-16-14(2,3)4/h12,15-16H,5-11H2,1-4H3. The highest BCUT2D eigenvalue weighted by atomic mass is 16.6. The summed E-state index contributed by atoms with van der Waals surface area (Å²) in [6, 6.07) is 0.521. The number of likely N-dealkylation sites (tertiary alicyclic amines) is 1. The number of nitrogens with one attached hydrogen (secondary N) is 2. The largest absolute Gasteiger partial charge is 0.450 e. The summed E-state index contributed by atoms with van der Waals surface area (Å²) in [7, 11) is 0. The first kappa shape index (κ1) is 16.2. The maximum atomic E-state index is 11.5. The van der Waals surface area contributed by atoms with Crippen molar-refractivity contribution in [3.63, 3.8) is 0 Å². The third-order valence-corrected chi connectivity index (χ3v) is 3.23. The molecule has 19 heavy (non-hydrogen) atoms. The molecule has 0 aromatic heterocycles. The third-order valence-electron chi connectivity index (χ3n) is 3.23. The van der Waals surface area contributed by atoms with E-state index in [0.29, 0.717) is 12.6 Å². The van der Waals surface area contributed by atoms with Crippen LogP contribution >= 0.6 is 0 Å². The number of hydrogen-bond donors (Lipinski definition) is 2. The molecule has 2 N–H and O–H groups in total. The molecule has 1 aliphatic heterocycles. The van der Waals surface area contributed by atoms with Crippen LogP contribution in [0.4, 0.5) is 4.79 Å².